The van der Waals surface area contributed by atoms with Crippen LogP contribution in [-0.2, 0) is 6.42 Å². The summed E-state index contributed by atoms with van der Waals surface area (Å²) in [5.74, 6) is -0.432. The van der Waals surface area contributed by atoms with Crippen LogP contribution in [0.25, 0.3) is 0 Å². The van der Waals surface area contributed by atoms with Crippen molar-refractivity contribution >= 4 is 11.6 Å². The van der Waals surface area contributed by atoms with Gasteiger partial charge in [-0.05, 0) is 25.0 Å². The van der Waals surface area contributed by atoms with E-state index in [4.69, 9.17) is 11.6 Å². The largest absolute Gasteiger partial charge is 0.390 e. The van der Waals surface area contributed by atoms with Crippen LogP contribution in [0.3, 0.4) is 0 Å². The third-order valence-corrected chi connectivity index (χ3v) is 3.90. The first-order valence-electron chi connectivity index (χ1n) is 5.86. The van der Waals surface area contributed by atoms with E-state index < -0.39 is 17.5 Å². The highest BCUT2D eigenvalue weighted by molar-refractivity contribution is 6.31. The summed E-state index contributed by atoms with van der Waals surface area (Å²) in [6, 6.07) is 4.43. The lowest BCUT2D eigenvalue weighted by molar-refractivity contribution is -0.0691. The molecule has 0 saturated heterocycles. The monoisotopic (exact) mass is 258 g/mol. The SMILES string of the molecule is OC(Cc1c(F)cccc1Cl)C1(O)CCCC1. The van der Waals surface area contributed by atoms with Crippen LogP contribution in [0.4, 0.5) is 4.39 Å². The Morgan fingerprint density at radius 1 is 1.35 bits per heavy atom. The summed E-state index contributed by atoms with van der Waals surface area (Å²) in [4.78, 5) is 0. The molecule has 1 aliphatic rings. The van der Waals surface area contributed by atoms with Gasteiger partial charge in [-0.25, -0.2) is 4.39 Å². The van der Waals surface area contributed by atoms with Gasteiger partial charge in [0, 0.05) is 17.0 Å². The van der Waals surface area contributed by atoms with E-state index >= 15 is 0 Å². The van der Waals surface area contributed by atoms with E-state index in [1.807, 2.05) is 0 Å². The Labute approximate surface area is 105 Å². The Morgan fingerprint density at radius 3 is 2.59 bits per heavy atom. The number of benzene rings is 1. The number of hydrogen-bond donors (Lipinski definition) is 2. The van der Waals surface area contributed by atoms with Gasteiger partial charge in [0.05, 0.1) is 11.7 Å². The van der Waals surface area contributed by atoms with Gasteiger partial charge in [-0.1, -0.05) is 30.5 Å². The fourth-order valence-electron chi connectivity index (χ4n) is 2.43. The zero-order valence-electron chi connectivity index (χ0n) is 9.50. The molecular weight excluding hydrogens is 243 g/mol. The van der Waals surface area contributed by atoms with Crippen LogP contribution in [-0.4, -0.2) is 21.9 Å². The first kappa shape index (κ1) is 12.8. The Kier molecular flexibility index (Phi) is 3.71. The number of aliphatic hydroxyl groups is 2. The quantitative estimate of drug-likeness (QED) is 0.875. The normalized spacial score (nSPS) is 20.5. The van der Waals surface area contributed by atoms with Crippen LogP contribution >= 0.6 is 11.6 Å². The molecule has 1 atom stereocenters. The van der Waals surface area contributed by atoms with Gasteiger partial charge in [-0.2, -0.15) is 0 Å². The van der Waals surface area contributed by atoms with Crippen molar-refractivity contribution in [2.24, 2.45) is 0 Å². The Balaban J connectivity index is 2.15. The van der Waals surface area contributed by atoms with Crippen molar-refractivity contribution in [2.75, 3.05) is 0 Å². The fraction of sp³-hybridized carbons (Fsp3) is 0.538. The average molecular weight is 259 g/mol. The maximum Gasteiger partial charge on any atom is 0.127 e. The van der Waals surface area contributed by atoms with Crippen LogP contribution in [0, 0.1) is 5.82 Å². The predicted molar refractivity (Wildman–Crippen MR) is 64.5 cm³/mol. The predicted octanol–water partition coefficient (Wildman–Crippen LogP) is 2.69. The van der Waals surface area contributed by atoms with Crippen molar-refractivity contribution in [3.8, 4) is 0 Å². The summed E-state index contributed by atoms with van der Waals surface area (Å²) in [5, 5.41) is 20.5. The molecule has 0 heterocycles. The van der Waals surface area contributed by atoms with Crippen molar-refractivity contribution < 1.29 is 14.6 Å². The molecule has 1 aromatic rings. The van der Waals surface area contributed by atoms with Crippen LogP contribution in [0.5, 0.6) is 0 Å². The van der Waals surface area contributed by atoms with Crippen molar-refractivity contribution in [2.45, 2.75) is 43.8 Å². The van der Waals surface area contributed by atoms with Crippen molar-refractivity contribution in [1.29, 1.82) is 0 Å². The molecule has 2 rings (SSSR count). The molecule has 0 radical (unpaired) electrons. The molecule has 0 spiro atoms. The van der Waals surface area contributed by atoms with Crippen LogP contribution in [0.2, 0.25) is 5.02 Å². The van der Waals surface area contributed by atoms with E-state index in [1.165, 1.54) is 12.1 Å². The summed E-state index contributed by atoms with van der Waals surface area (Å²) in [6.07, 6.45) is 2.04. The van der Waals surface area contributed by atoms with Crippen molar-refractivity contribution in [3.05, 3.63) is 34.6 Å². The summed E-state index contributed by atoms with van der Waals surface area (Å²) in [7, 11) is 0. The summed E-state index contributed by atoms with van der Waals surface area (Å²) < 4.78 is 13.5. The molecule has 17 heavy (non-hydrogen) atoms. The topological polar surface area (TPSA) is 40.5 Å². The number of rotatable bonds is 3. The van der Waals surface area contributed by atoms with Crippen LogP contribution < -0.4 is 0 Å². The van der Waals surface area contributed by atoms with Gasteiger partial charge in [-0.3, -0.25) is 0 Å². The molecule has 0 amide bonds. The highest BCUT2D eigenvalue weighted by atomic mass is 35.5. The second kappa shape index (κ2) is 4.92. The zero-order valence-corrected chi connectivity index (χ0v) is 10.3. The van der Waals surface area contributed by atoms with Gasteiger partial charge in [0.15, 0.2) is 0 Å². The summed E-state index contributed by atoms with van der Waals surface area (Å²) in [5.41, 5.74) is -0.798. The molecule has 1 aliphatic carbocycles. The highest BCUT2D eigenvalue weighted by Gasteiger charge is 2.38. The van der Waals surface area contributed by atoms with Gasteiger partial charge in [0.1, 0.15) is 5.82 Å². The van der Waals surface area contributed by atoms with E-state index in [9.17, 15) is 14.6 Å². The van der Waals surface area contributed by atoms with Crippen LogP contribution in [0.1, 0.15) is 31.2 Å². The van der Waals surface area contributed by atoms with Crippen LogP contribution in [0.15, 0.2) is 18.2 Å². The smallest absolute Gasteiger partial charge is 0.127 e. The Morgan fingerprint density at radius 2 is 2.00 bits per heavy atom. The van der Waals surface area contributed by atoms with Gasteiger partial charge in [0.2, 0.25) is 0 Å². The van der Waals surface area contributed by atoms with Crippen molar-refractivity contribution in [3.63, 3.8) is 0 Å². The molecule has 1 fully saturated rings. The maximum atomic E-state index is 13.5. The molecule has 0 aliphatic heterocycles. The van der Waals surface area contributed by atoms with Gasteiger partial charge in [-0.15, -0.1) is 0 Å². The molecular formula is C13H16ClFO2. The first-order chi connectivity index (χ1) is 8.03. The maximum absolute atomic E-state index is 13.5. The van der Waals surface area contributed by atoms with E-state index in [2.05, 4.69) is 0 Å². The molecule has 1 aromatic carbocycles. The lowest BCUT2D eigenvalue weighted by atomic mass is 9.90. The Bertz CT molecular complexity index is 382. The lowest BCUT2D eigenvalue weighted by Crippen LogP contribution is -2.41. The van der Waals surface area contributed by atoms with Gasteiger partial charge < -0.3 is 10.2 Å². The lowest BCUT2D eigenvalue weighted by Gasteiger charge is -2.28. The third-order valence-electron chi connectivity index (χ3n) is 3.55. The zero-order chi connectivity index (χ0) is 12.5. The second-order valence-corrected chi connectivity index (χ2v) is 5.14. The van der Waals surface area contributed by atoms with E-state index in [1.54, 1.807) is 6.07 Å². The molecule has 4 heteroatoms. The van der Waals surface area contributed by atoms with E-state index in [0.717, 1.165) is 12.8 Å². The molecule has 1 saturated carbocycles. The molecule has 0 bridgehead atoms. The molecule has 2 nitrogen and oxygen atoms in total. The minimum atomic E-state index is -1.08. The average Bonchev–Trinajstić information content (AvgIpc) is 2.72. The van der Waals surface area contributed by atoms with E-state index in [-0.39, 0.29) is 12.0 Å². The molecule has 0 aromatic heterocycles. The van der Waals surface area contributed by atoms with Gasteiger partial charge in [0.25, 0.3) is 0 Å². The minimum Gasteiger partial charge on any atom is -0.390 e. The number of halogens is 2. The first-order valence-corrected chi connectivity index (χ1v) is 6.24. The van der Waals surface area contributed by atoms with Crippen molar-refractivity contribution in [1.82, 2.24) is 0 Å². The molecule has 1 unspecified atom stereocenters. The standard InChI is InChI=1S/C13H16ClFO2/c14-10-4-3-5-11(15)9(10)8-12(16)13(17)6-1-2-7-13/h3-5,12,16-17H,1-2,6-8H2. The van der Waals surface area contributed by atoms with E-state index in [0.29, 0.717) is 17.9 Å². The molecule has 94 valence electrons. The Hall–Kier alpha value is -0.640. The minimum absolute atomic E-state index is 0.0575. The third kappa shape index (κ3) is 2.62. The number of aliphatic hydroxyl groups excluding tert-OH is 1. The second-order valence-electron chi connectivity index (χ2n) is 4.73. The number of hydrogen-bond acceptors (Lipinski definition) is 2. The fourth-order valence-corrected chi connectivity index (χ4v) is 2.67. The van der Waals surface area contributed by atoms with Gasteiger partial charge >= 0.3 is 0 Å². The highest BCUT2D eigenvalue weighted by Crippen LogP contribution is 2.34. The molecule has 2 N–H and O–H groups in total. The summed E-state index contributed by atoms with van der Waals surface area (Å²) >= 11 is 5.89. The summed E-state index contributed by atoms with van der Waals surface area (Å²) in [6.45, 7) is 0.